The van der Waals surface area contributed by atoms with Crippen molar-refractivity contribution in [3.05, 3.63) is 35.9 Å². The summed E-state index contributed by atoms with van der Waals surface area (Å²) in [5.41, 5.74) is 1.62. The molecule has 0 radical (unpaired) electrons. The molecule has 3 fully saturated rings. The Balaban J connectivity index is 1.74. The Labute approximate surface area is 124 Å². The predicted octanol–water partition coefficient (Wildman–Crippen LogP) is 4.55. The van der Waals surface area contributed by atoms with Crippen LogP contribution in [-0.2, 0) is 0 Å². The van der Waals surface area contributed by atoms with Crippen LogP contribution in [0.1, 0.15) is 50.0 Å². The Hall–Kier alpha value is -0.820. The third-order valence-corrected chi connectivity index (χ3v) is 5.72. The highest BCUT2D eigenvalue weighted by atomic mass is 15.0. The first-order chi connectivity index (χ1) is 9.75. The van der Waals surface area contributed by atoms with E-state index >= 15 is 0 Å². The lowest BCUT2D eigenvalue weighted by molar-refractivity contribution is 0.0597. The lowest BCUT2D eigenvalue weighted by Crippen LogP contribution is -2.38. The highest BCUT2D eigenvalue weighted by Crippen LogP contribution is 2.54. The molecule has 1 nitrogen and oxygen atoms in total. The van der Waals surface area contributed by atoms with Crippen LogP contribution in [0.3, 0.4) is 0 Å². The van der Waals surface area contributed by atoms with Crippen molar-refractivity contribution >= 4 is 0 Å². The topological polar surface area (TPSA) is 3.24 Å². The van der Waals surface area contributed by atoms with Crippen LogP contribution in [0.5, 0.6) is 0 Å². The number of rotatable bonds is 5. The monoisotopic (exact) mass is 271 g/mol. The van der Waals surface area contributed by atoms with Gasteiger partial charge in [0.05, 0.1) is 0 Å². The first-order valence-corrected chi connectivity index (χ1v) is 8.45. The van der Waals surface area contributed by atoms with Crippen LogP contribution >= 0.6 is 0 Å². The molecule has 4 rings (SSSR count). The second-order valence-electron chi connectivity index (χ2n) is 7.22. The third kappa shape index (κ3) is 2.93. The van der Waals surface area contributed by atoms with Crippen LogP contribution in [0.4, 0.5) is 0 Å². The zero-order chi connectivity index (χ0) is 13.9. The van der Waals surface area contributed by atoms with Crippen molar-refractivity contribution < 1.29 is 0 Å². The Kier molecular flexibility index (Phi) is 4.45. The van der Waals surface area contributed by atoms with Crippen molar-refractivity contribution in [3.8, 4) is 0 Å². The number of hydrogen-bond donors (Lipinski definition) is 0. The SMILES string of the molecule is CN(C)CCC[C@@H]1C2CCC(CC2)[C@@H]1c1ccccc1. The molecule has 0 N–H and O–H groups in total. The van der Waals surface area contributed by atoms with Gasteiger partial charge in [0.1, 0.15) is 0 Å². The molecular weight excluding hydrogens is 242 g/mol. The summed E-state index contributed by atoms with van der Waals surface area (Å²) in [6, 6.07) is 11.4. The fourth-order valence-electron chi connectivity index (χ4n) is 4.83. The second kappa shape index (κ2) is 6.30. The highest BCUT2D eigenvalue weighted by molar-refractivity contribution is 5.23. The van der Waals surface area contributed by atoms with Crippen molar-refractivity contribution in [1.29, 1.82) is 0 Å². The number of fused-ring (bicyclic) bond motifs is 3. The van der Waals surface area contributed by atoms with E-state index in [1.54, 1.807) is 5.56 Å². The summed E-state index contributed by atoms with van der Waals surface area (Å²) >= 11 is 0. The molecule has 1 aromatic carbocycles. The second-order valence-corrected chi connectivity index (χ2v) is 7.22. The minimum atomic E-state index is 0.853. The minimum absolute atomic E-state index is 0.853. The number of benzene rings is 1. The summed E-state index contributed by atoms with van der Waals surface area (Å²) in [5.74, 6) is 3.77. The van der Waals surface area contributed by atoms with Crippen molar-refractivity contribution in [2.45, 2.75) is 44.4 Å². The Morgan fingerprint density at radius 3 is 2.25 bits per heavy atom. The van der Waals surface area contributed by atoms with Crippen LogP contribution in [0.25, 0.3) is 0 Å². The highest BCUT2D eigenvalue weighted by Gasteiger charge is 2.43. The molecule has 0 amide bonds. The normalized spacial score (nSPS) is 32.8. The van der Waals surface area contributed by atoms with E-state index < -0.39 is 0 Å². The summed E-state index contributed by atoms with van der Waals surface area (Å²) in [7, 11) is 4.39. The van der Waals surface area contributed by atoms with E-state index in [-0.39, 0.29) is 0 Å². The molecular formula is C19H29N. The van der Waals surface area contributed by atoms with Gasteiger partial charge in [0.2, 0.25) is 0 Å². The van der Waals surface area contributed by atoms with E-state index in [1.165, 1.54) is 45.1 Å². The Bertz CT molecular complexity index is 403. The molecule has 3 aliphatic rings. The summed E-state index contributed by atoms with van der Waals surface area (Å²) in [4.78, 5) is 2.33. The van der Waals surface area contributed by atoms with Crippen LogP contribution in [-0.4, -0.2) is 25.5 Å². The molecule has 3 saturated carbocycles. The first kappa shape index (κ1) is 14.1. The smallest absolute Gasteiger partial charge is 0.00247 e. The third-order valence-electron chi connectivity index (χ3n) is 5.72. The van der Waals surface area contributed by atoms with Crippen LogP contribution in [0.15, 0.2) is 30.3 Å². The van der Waals surface area contributed by atoms with E-state index in [4.69, 9.17) is 0 Å². The summed E-state index contributed by atoms with van der Waals surface area (Å²) < 4.78 is 0. The van der Waals surface area contributed by atoms with E-state index in [2.05, 4.69) is 49.3 Å². The van der Waals surface area contributed by atoms with E-state index in [0.717, 1.165) is 23.7 Å². The molecule has 1 heteroatoms. The standard InChI is InChI=1S/C19H29N/c1-20(2)14-6-9-18-15-10-12-17(13-11-15)19(18)16-7-4-3-5-8-16/h3-5,7-8,15,17-19H,6,9-14H2,1-2H3/t15?,17?,18-,19+/m1/s1. The first-order valence-electron chi connectivity index (χ1n) is 8.45. The average molecular weight is 271 g/mol. The molecule has 3 aliphatic carbocycles. The Morgan fingerprint density at radius 1 is 0.950 bits per heavy atom. The largest absolute Gasteiger partial charge is 0.309 e. The lowest BCUT2D eigenvalue weighted by atomic mass is 9.56. The van der Waals surface area contributed by atoms with Gasteiger partial charge in [-0.15, -0.1) is 0 Å². The summed E-state index contributed by atoms with van der Waals surface area (Å²) in [6.07, 6.45) is 8.76. The molecule has 2 atom stereocenters. The average Bonchev–Trinajstić information content (AvgIpc) is 2.49. The fraction of sp³-hybridized carbons (Fsp3) is 0.684. The Morgan fingerprint density at radius 2 is 1.60 bits per heavy atom. The number of hydrogen-bond acceptors (Lipinski definition) is 1. The molecule has 0 heterocycles. The minimum Gasteiger partial charge on any atom is -0.309 e. The van der Waals surface area contributed by atoms with Crippen molar-refractivity contribution in [3.63, 3.8) is 0 Å². The zero-order valence-corrected chi connectivity index (χ0v) is 13.1. The van der Waals surface area contributed by atoms with Crippen molar-refractivity contribution in [2.24, 2.45) is 17.8 Å². The van der Waals surface area contributed by atoms with Crippen LogP contribution < -0.4 is 0 Å². The van der Waals surface area contributed by atoms with Gasteiger partial charge in [-0.3, -0.25) is 0 Å². The molecule has 2 bridgehead atoms. The van der Waals surface area contributed by atoms with Gasteiger partial charge in [-0.2, -0.15) is 0 Å². The van der Waals surface area contributed by atoms with Gasteiger partial charge in [-0.1, -0.05) is 30.3 Å². The van der Waals surface area contributed by atoms with Gasteiger partial charge in [-0.25, -0.2) is 0 Å². The van der Waals surface area contributed by atoms with Crippen molar-refractivity contribution in [2.75, 3.05) is 20.6 Å². The lowest BCUT2D eigenvalue weighted by Gasteiger charge is -2.49. The maximum Gasteiger partial charge on any atom is -0.00247 e. The molecule has 0 saturated heterocycles. The van der Waals surface area contributed by atoms with Gasteiger partial charge >= 0.3 is 0 Å². The molecule has 0 spiro atoms. The molecule has 0 aliphatic heterocycles. The predicted molar refractivity (Wildman–Crippen MR) is 85.9 cm³/mol. The van der Waals surface area contributed by atoms with Gasteiger partial charge in [0, 0.05) is 0 Å². The van der Waals surface area contributed by atoms with Gasteiger partial charge in [0.25, 0.3) is 0 Å². The number of nitrogens with zero attached hydrogens (tertiary/aromatic N) is 1. The molecule has 110 valence electrons. The quantitative estimate of drug-likeness (QED) is 0.759. The zero-order valence-electron chi connectivity index (χ0n) is 13.1. The fourth-order valence-corrected chi connectivity index (χ4v) is 4.83. The molecule has 20 heavy (non-hydrogen) atoms. The molecule has 0 aromatic heterocycles. The maximum atomic E-state index is 2.38. The molecule has 1 aromatic rings. The molecule has 0 unspecified atom stereocenters. The van der Waals surface area contributed by atoms with Crippen LogP contribution in [0, 0.1) is 17.8 Å². The van der Waals surface area contributed by atoms with Crippen LogP contribution in [0.2, 0.25) is 0 Å². The van der Waals surface area contributed by atoms with Crippen molar-refractivity contribution in [1.82, 2.24) is 4.90 Å². The van der Waals surface area contributed by atoms with Gasteiger partial charge in [0.15, 0.2) is 0 Å². The van der Waals surface area contributed by atoms with Gasteiger partial charge in [-0.05, 0) is 88.4 Å². The maximum absolute atomic E-state index is 2.38. The summed E-state index contributed by atoms with van der Waals surface area (Å²) in [6.45, 7) is 1.25. The van der Waals surface area contributed by atoms with E-state index in [9.17, 15) is 0 Å². The van der Waals surface area contributed by atoms with E-state index in [1.807, 2.05) is 0 Å². The summed E-state index contributed by atoms with van der Waals surface area (Å²) in [5, 5.41) is 0. The van der Waals surface area contributed by atoms with E-state index in [0.29, 0.717) is 0 Å². The van der Waals surface area contributed by atoms with Gasteiger partial charge < -0.3 is 4.90 Å².